The number of nitrogens with zero attached hydrogens (tertiary/aromatic N) is 3. The predicted molar refractivity (Wildman–Crippen MR) is 125 cm³/mol. The SMILES string of the molecule is C=CCOC(=O)N1C[C@@H](SC2=C(C(=O)O)N3C(=O)[C@H]([C@@H](C)O)[C@H]3[C@H]2C)C[C@@H]1C(C)c1cn[nH]c1. The van der Waals surface area contributed by atoms with Gasteiger partial charge < -0.3 is 24.7 Å². The molecule has 4 rings (SSSR count). The number of fused-ring (bicyclic) bond motifs is 1. The Morgan fingerprint density at radius 3 is 2.76 bits per heavy atom. The van der Waals surface area contributed by atoms with Crippen LogP contribution in [0, 0.1) is 11.8 Å². The number of aliphatic hydroxyl groups is 1. The number of aromatic amines is 1. The molecule has 34 heavy (non-hydrogen) atoms. The van der Waals surface area contributed by atoms with Crippen molar-refractivity contribution in [2.45, 2.75) is 56.5 Å². The van der Waals surface area contributed by atoms with Crippen LogP contribution in [-0.2, 0) is 14.3 Å². The zero-order valence-electron chi connectivity index (χ0n) is 19.4. The number of carboxylic acid groups (broad SMARTS) is 1. The Bertz CT molecular complexity index is 1010. The van der Waals surface area contributed by atoms with Gasteiger partial charge in [0, 0.05) is 40.8 Å². The summed E-state index contributed by atoms with van der Waals surface area (Å²) in [6, 6.07) is -0.529. The normalized spacial score (nSPS) is 30.1. The van der Waals surface area contributed by atoms with Crippen molar-refractivity contribution in [1.82, 2.24) is 20.0 Å². The van der Waals surface area contributed by atoms with Crippen molar-refractivity contribution in [3.05, 3.63) is 41.2 Å². The van der Waals surface area contributed by atoms with Crippen LogP contribution < -0.4 is 0 Å². The number of ether oxygens (including phenoxy) is 1. The summed E-state index contributed by atoms with van der Waals surface area (Å²) in [6.07, 6.45) is 4.38. The molecule has 7 atom stereocenters. The van der Waals surface area contributed by atoms with Gasteiger partial charge in [-0.25, -0.2) is 9.59 Å². The monoisotopic (exact) mass is 490 g/mol. The van der Waals surface area contributed by atoms with Crippen molar-refractivity contribution in [3.63, 3.8) is 0 Å². The van der Waals surface area contributed by atoms with Gasteiger partial charge >= 0.3 is 12.1 Å². The van der Waals surface area contributed by atoms with E-state index in [-0.39, 0.29) is 47.4 Å². The minimum atomic E-state index is -1.15. The van der Waals surface area contributed by atoms with E-state index in [0.717, 1.165) is 5.56 Å². The van der Waals surface area contributed by atoms with Crippen molar-refractivity contribution in [1.29, 1.82) is 0 Å². The highest BCUT2D eigenvalue weighted by Crippen LogP contribution is 2.52. The molecule has 2 saturated heterocycles. The Morgan fingerprint density at radius 1 is 1.44 bits per heavy atom. The number of rotatable bonds is 8. The van der Waals surface area contributed by atoms with Crippen LogP contribution >= 0.6 is 11.8 Å². The number of aliphatic hydroxyl groups excluding tert-OH is 1. The van der Waals surface area contributed by atoms with Gasteiger partial charge in [0.05, 0.1) is 24.3 Å². The van der Waals surface area contributed by atoms with E-state index in [9.17, 15) is 24.6 Å². The van der Waals surface area contributed by atoms with Crippen LogP contribution in [0.1, 0.15) is 38.7 Å². The second kappa shape index (κ2) is 9.46. The van der Waals surface area contributed by atoms with Gasteiger partial charge in [-0.1, -0.05) is 26.5 Å². The molecule has 1 aromatic heterocycles. The van der Waals surface area contributed by atoms with Gasteiger partial charge in [-0.2, -0.15) is 5.10 Å². The van der Waals surface area contributed by atoms with Crippen LogP contribution in [0.3, 0.4) is 0 Å². The number of β-lactam (4-membered cyclic amide) rings is 1. The summed E-state index contributed by atoms with van der Waals surface area (Å²) in [7, 11) is 0. The number of thioether (sulfide) groups is 1. The summed E-state index contributed by atoms with van der Waals surface area (Å²) in [6.45, 7) is 9.56. The molecule has 3 aliphatic heterocycles. The van der Waals surface area contributed by atoms with E-state index in [1.807, 2.05) is 13.8 Å². The van der Waals surface area contributed by atoms with E-state index in [2.05, 4.69) is 16.8 Å². The number of nitrogens with one attached hydrogen (secondary N) is 1. The van der Waals surface area contributed by atoms with Crippen LogP contribution in [-0.4, -0.2) is 84.8 Å². The molecule has 2 fully saturated rings. The second-order valence-corrected chi connectivity index (χ2v) is 10.5. The Kier molecular flexibility index (Phi) is 6.77. The lowest BCUT2D eigenvalue weighted by atomic mass is 9.79. The molecule has 2 amide bonds. The number of hydrogen-bond acceptors (Lipinski definition) is 7. The van der Waals surface area contributed by atoms with E-state index in [4.69, 9.17) is 4.74 Å². The summed E-state index contributed by atoms with van der Waals surface area (Å²) < 4.78 is 5.32. The van der Waals surface area contributed by atoms with Crippen molar-refractivity contribution in [3.8, 4) is 0 Å². The molecule has 4 heterocycles. The summed E-state index contributed by atoms with van der Waals surface area (Å²) in [5.41, 5.74) is 0.961. The number of aliphatic carboxylic acids is 1. The first-order chi connectivity index (χ1) is 16.2. The van der Waals surface area contributed by atoms with Gasteiger partial charge in [-0.05, 0) is 18.9 Å². The summed E-state index contributed by atoms with van der Waals surface area (Å²) in [5.74, 6) is -2.36. The number of amides is 2. The Morgan fingerprint density at radius 2 is 2.18 bits per heavy atom. The van der Waals surface area contributed by atoms with Gasteiger partial charge in [-0.3, -0.25) is 9.89 Å². The van der Waals surface area contributed by atoms with Crippen LogP contribution in [0.15, 0.2) is 35.7 Å². The second-order valence-electron chi connectivity index (χ2n) is 9.15. The standard InChI is InChI=1S/C23H30N4O6S/c1-5-6-33-23(32)26-10-15(7-16(26)11(2)14-8-24-25-9-14)34-20-12(3)18-17(13(4)28)21(29)27(18)19(20)22(30)31/h5,8-9,11-13,15-18,28H,1,6-7,10H2,2-4H3,(H,24,25)(H,30,31)/t11?,12-,13-,15+,16-,17-,18-/m1/s1. The molecular weight excluding hydrogens is 460 g/mol. The first-order valence-electron chi connectivity index (χ1n) is 11.4. The zero-order valence-corrected chi connectivity index (χ0v) is 20.2. The fraction of sp³-hybridized carbons (Fsp3) is 0.565. The average molecular weight is 491 g/mol. The highest BCUT2D eigenvalue weighted by Gasteiger charge is 2.60. The lowest BCUT2D eigenvalue weighted by Gasteiger charge is -2.46. The largest absolute Gasteiger partial charge is 0.477 e. The minimum absolute atomic E-state index is 0.00323. The average Bonchev–Trinajstić information content (AvgIpc) is 3.50. The lowest BCUT2D eigenvalue weighted by Crippen LogP contribution is -2.63. The van der Waals surface area contributed by atoms with E-state index in [1.165, 1.54) is 22.7 Å². The number of H-pyrrole nitrogens is 1. The molecule has 0 radical (unpaired) electrons. The highest BCUT2D eigenvalue weighted by molar-refractivity contribution is 8.03. The van der Waals surface area contributed by atoms with Crippen LogP contribution in [0.4, 0.5) is 4.79 Å². The summed E-state index contributed by atoms with van der Waals surface area (Å²) in [5, 5.41) is 26.7. The minimum Gasteiger partial charge on any atom is -0.477 e. The maximum Gasteiger partial charge on any atom is 0.410 e. The first-order valence-corrected chi connectivity index (χ1v) is 12.2. The van der Waals surface area contributed by atoms with Crippen LogP contribution in [0.5, 0.6) is 0 Å². The number of hydrogen-bond donors (Lipinski definition) is 3. The van der Waals surface area contributed by atoms with Gasteiger partial charge in [0.2, 0.25) is 5.91 Å². The van der Waals surface area contributed by atoms with E-state index >= 15 is 0 Å². The highest BCUT2D eigenvalue weighted by atomic mass is 32.2. The summed E-state index contributed by atoms with van der Waals surface area (Å²) >= 11 is 1.42. The van der Waals surface area contributed by atoms with Crippen LogP contribution in [0.2, 0.25) is 0 Å². The predicted octanol–water partition coefficient (Wildman–Crippen LogP) is 2.17. The number of likely N-dealkylation sites (tertiary alicyclic amines) is 1. The molecule has 0 saturated carbocycles. The maximum absolute atomic E-state index is 12.8. The third-order valence-electron chi connectivity index (χ3n) is 7.09. The summed E-state index contributed by atoms with van der Waals surface area (Å²) in [4.78, 5) is 41.2. The molecule has 11 heteroatoms. The number of carboxylic acids is 1. The molecule has 1 aromatic rings. The molecule has 0 spiro atoms. The van der Waals surface area contributed by atoms with Crippen molar-refractivity contribution in [2.24, 2.45) is 11.8 Å². The molecule has 10 nitrogen and oxygen atoms in total. The molecule has 0 aromatic carbocycles. The fourth-order valence-electron chi connectivity index (χ4n) is 5.40. The molecular formula is C23H30N4O6S. The Labute approximate surface area is 202 Å². The molecule has 1 unspecified atom stereocenters. The van der Waals surface area contributed by atoms with Crippen molar-refractivity contribution in [2.75, 3.05) is 13.2 Å². The lowest BCUT2D eigenvalue weighted by molar-refractivity contribution is -0.163. The Hall–Kier alpha value is -2.79. The number of carbonyl (C=O) groups is 3. The molecule has 184 valence electrons. The smallest absolute Gasteiger partial charge is 0.410 e. The van der Waals surface area contributed by atoms with Gasteiger partial charge in [0.15, 0.2) is 0 Å². The molecule has 0 aliphatic carbocycles. The van der Waals surface area contributed by atoms with Crippen LogP contribution in [0.25, 0.3) is 0 Å². The van der Waals surface area contributed by atoms with E-state index < -0.39 is 24.1 Å². The maximum atomic E-state index is 12.8. The van der Waals surface area contributed by atoms with Gasteiger partial charge in [0.1, 0.15) is 12.3 Å². The molecule has 0 bridgehead atoms. The third-order valence-corrected chi connectivity index (χ3v) is 8.59. The van der Waals surface area contributed by atoms with E-state index in [0.29, 0.717) is 17.9 Å². The molecule has 3 N–H and O–H groups in total. The first kappa shape index (κ1) is 24.3. The number of aromatic nitrogens is 2. The van der Waals surface area contributed by atoms with Gasteiger partial charge in [0.25, 0.3) is 0 Å². The Balaban J connectivity index is 1.58. The zero-order chi connectivity index (χ0) is 24.7. The van der Waals surface area contributed by atoms with Gasteiger partial charge in [-0.15, -0.1) is 11.8 Å². The van der Waals surface area contributed by atoms with E-state index in [1.54, 1.807) is 24.2 Å². The third kappa shape index (κ3) is 4.00. The quantitative estimate of drug-likeness (QED) is 0.373. The number of carbonyl (C=O) groups excluding carboxylic acids is 2. The molecule has 3 aliphatic rings. The van der Waals surface area contributed by atoms with Crippen molar-refractivity contribution < 1.29 is 29.3 Å². The topological polar surface area (TPSA) is 136 Å². The fourth-order valence-corrected chi connectivity index (χ4v) is 6.94. The van der Waals surface area contributed by atoms with Crippen molar-refractivity contribution >= 4 is 29.7 Å².